The Hall–Kier alpha value is -0.140. The number of benzene rings is 1. The average Bonchev–Trinajstić information content (AvgIpc) is 2.02. The standard InChI is InChI=1S/C11H15ClS/c1-9-4-6-10(7-5-9)13-8-11(2,3)12/h4-7H,8H2,1-3H3. The number of hydrogen-bond acceptors (Lipinski definition) is 1. The molecular formula is C11H15ClS. The largest absolute Gasteiger partial charge is 0.124 e. The first-order valence-electron chi connectivity index (χ1n) is 4.36. The van der Waals surface area contributed by atoms with Crippen LogP contribution in [0, 0.1) is 6.92 Å². The lowest BCUT2D eigenvalue weighted by atomic mass is 10.2. The highest BCUT2D eigenvalue weighted by Gasteiger charge is 2.12. The van der Waals surface area contributed by atoms with Crippen LogP contribution >= 0.6 is 23.4 Å². The van der Waals surface area contributed by atoms with Crippen LogP contribution in [0.5, 0.6) is 0 Å². The normalized spacial score (nSPS) is 11.7. The summed E-state index contributed by atoms with van der Waals surface area (Å²) in [6.07, 6.45) is 0. The summed E-state index contributed by atoms with van der Waals surface area (Å²) in [7, 11) is 0. The monoisotopic (exact) mass is 214 g/mol. The molecule has 0 fully saturated rings. The van der Waals surface area contributed by atoms with Gasteiger partial charge < -0.3 is 0 Å². The van der Waals surface area contributed by atoms with E-state index in [0.717, 1.165) is 5.75 Å². The number of alkyl halides is 1. The quantitative estimate of drug-likeness (QED) is 0.539. The topological polar surface area (TPSA) is 0 Å². The highest BCUT2D eigenvalue weighted by Crippen LogP contribution is 2.26. The van der Waals surface area contributed by atoms with Gasteiger partial charge in [0.15, 0.2) is 0 Å². The molecule has 0 spiro atoms. The lowest BCUT2D eigenvalue weighted by Crippen LogP contribution is -2.13. The van der Waals surface area contributed by atoms with Crippen molar-refractivity contribution in [2.75, 3.05) is 5.75 Å². The van der Waals surface area contributed by atoms with E-state index in [4.69, 9.17) is 11.6 Å². The van der Waals surface area contributed by atoms with Crippen LogP contribution in [0.25, 0.3) is 0 Å². The Morgan fingerprint density at radius 3 is 2.23 bits per heavy atom. The third-order valence-electron chi connectivity index (χ3n) is 1.60. The van der Waals surface area contributed by atoms with E-state index < -0.39 is 0 Å². The SMILES string of the molecule is Cc1ccc(SCC(C)(C)Cl)cc1. The van der Waals surface area contributed by atoms with Gasteiger partial charge in [0.05, 0.1) is 0 Å². The van der Waals surface area contributed by atoms with Crippen LogP contribution in [0.2, 0.25) is 0 Å². The van der Waals surface area contributed by atoms with E-state index in [9.17, 15) is 0 Å². The van der Waals surface area contributed by atoms with Crippen molar-refractivity contribution in [3.05, 3.63) is 29.8 Å². The van der Waals surface area contributed by atoms with Crippen LogP contribution in [0.3, 0.4) is 0 Å². The van der Waals surface area contributed by atoms with E-state index in [1.54, 1.807) is 11.8 Å². The van der Waals surface area contributed by atoms with Gasteiger partial charge in [0.25, 0.3) is 0 Å². The van der Waals surface area contributed by atoms with Gasteiger partial charge in [-0.1, -0.05) is 17.7 Å². The molecule has 0 aliphatic carbocycles. The molecule has 0 unspecified atom stereocenters. The van der Waals surface area contributed by atoms with Crippen molar-refractivity contribution in [2.45, 2.75) is 30.5 Å². The zero-order chi connectivity index (χ0) is 9.90. The molecule has 0 aromatic heterocycles. The van der Waals surface area contributed by atoms with Gasteiger partial charge in [0.2, 0.25) is 0 Å². The summed E-state index contributed by atoms with van der Waals surface area (Å²) >= 11 is 7.90. The first kappa shape index (κ1) is 10.9. The van der Waals surface area contributed by atoms with E-state index in [-0.39, 0.29) is 4.87 Å². The van der Waals surface area contributed by atoms with Crippen molar-refractivity contribution in [1.82, 2.24) is 0 Å². The first-order chi connectivity index (χ1) is 5.97. The molecule has 0 bridgehead atoms. The Labute approximate surface area is 89.7 Å². The molecule has 1 aromatic carbocycles. The molecule has 0 radical (unpaired) electrons. The molecule has 0 saturated carbocycles. The average molecular weight is 215 g/mol. The maximum absolute atomic E-state index is 6.09. The van der Waals surface area contributed by atoms with Gasteiger partial charge in [-0.2, -0.15) is 0 Å². The van der Waals surface area contributed by atoms with E-state index in [1.165, 1.54) is 10.5 Å². The second kappa shape index (κ2) is 4.39. The van der Waals surface area contributed by atoms with Gasteiger partial charge in [-0.05, 0) is 32.9 Å². The lowest BCUT2D eigenvalue weighted by Gasteiger charge is -2.14. The van der Waals surface area contributed by atoms with Crippen molar-refractivity contribution in [3.63, 3.8) is 0 Å². The van der Waals surface area contributed by atoms with Crippen molar-refractivity contribution in [2.24, 2.45) is 0 Å². The Morgan fingerprint density at radius 1 is 1.23 bits per heavy atom. The van der Waals surface area contributed by atoms with E-state index in [0.29, 0.717) is 0 Å². The Kier molecular flexibility index (Phi) is 3.69. The Morgan fingerprint density at radius 2 is 1.77 bits per heavy atom. The Bertz CT molecular complexity index is 258. The zero-order valence-electron chi connectivity index (χ0n) is 8.30. The van der Waals surface area contributed by atoms with Crippen LogP contribution < -0.4 is 0 Å². The van der Waals surface area contributed by atoms with Crippen LogP contribution in [0.15, 0.2) is 29.2 Å². The highest BCUT2D eigenvalue weighted by atomic mass is 35.5. The Balaban J connectivity index is 2.51. The van der Waals surface area contributed by atoms with E-state index in [1.807, 2.05) is 13.8 Å². The van der Waals surface area contributed by atoms with Crippen molar-refractivity contribution < 1.29 is 0 Å². The first-order valence-corrected chi connectivity index (χ1v) is 5.72. The van der Waals surface area contributed by atoms with Gasteiger partial charge in [-0.25, -0.2) is 0 Å². The number of halogens is 1. The van der Waals surface area contributed by atoms with Crippen molar-refractivity contribution >= 4 is 23.4 Å². The summed E-state index contributed by atoms with van der Waals surface area (Å²) < 4.78 is 0. The summed E-state index contributed by atoms with van der Waals surface area (Å²) in [5.74, 6) is 0.942. The van der Waals surface area contributed by atoms with E-state index >= 15 is 0 Å². The fourth-order valence-electron chi connectivity index (χ4n) is 0.889. The minimum atomic E-state index is -0.116. The molecule has 0 saturated heterocycles. The number of aryl methyl sites for hydroxylation is 1. The van der Waals surface area contributed by atoms with Crippen molar-refractivity contribution in [1.29, 1.82) is 0 Å². The second-order valence-corrected chi connectivity index (χ2v) is 5.89. The summed E-state index contributed by atoms with van der Waals surface area (Å²) in [6.45, 7) is 6.17. The van der Waals surface area contributed by atoms with Gasteiger partial charge in [-0.3, -0.25) is 0 Å². The molecule has 0 heterocycles. The number of hydrogen-bond donors (Lipinski definition) is 0. The van der Waals surface area contributed by atoms with Gasteiger partial charge >= 0.3 is 0 Å². The molecule has 72 valence electrons. The molecule has 0 N–H and O–H groups in total. The van der Waals surface area contributed by atoms with Gasteiger partial charge in [0, 0.05) is 15.5 Å². The summed E-state index contributed by atoms with van der Waals surface area (Å²) in [5.41, 5.74) is 1.30. The third kappa shape index (κ3) is 4.58. The summed E-state index contributed by atoms with van der Waals surface area (Å²) in [4.78, 5) is 1.18. The molecule has 13 heavy (non-hydrogen) atoms. The van der Waals surface area contributed by atoms with Gasteiger partial charge in [0.1, 0.15) is 0 Å². The maximum Gasteiger partial charge on any atom is 0.0484 e. The third-order valence-corrected chi connectivity index (χ3v) is 3.37. The molecule has 0 amide bonds. The van der Waals surface area contributed by atoms with Crippen LogP contribution in [0.1, 0.15) is 19.4 Å². The minimum absolute atomic E-state index is 0.116. The zero-order valence-corrected chi connectivity index (χ0v) is 9.88. The van der Waals surface area contributed by atoms with Crippen LogP contribution in [0.4, 0.5) is 0 Å². The summed E-state index contributed by atoms with van der Waals surface area (Å²) in [5, 5.41) is 0. The second-order valence-electron chi connectivity index (χ2n) is 3.82. The molecule has 2 heteroatoms. The van der Waals surface area contributed by atoms with Crippen molar-refractivity contribution in [3.8, 4) is 0 Å². The number of thioether (sulfide) groups is 1. The molecule has 0 nitrogen and oxygen atoms in total. The van der Waals surface area contributed by atoms with Gasteiger partial charge in [-0.15, -0.1) is 23.4 Å². The van der Waals surface area contributed by atoms with E-state index in [2.05, 4.69) is 31.2 Å². The van der Waals surface area contributed by atoms with Crippen LogP contribution in [-0.4, -0.2) is 10.6 Å². The fourth-order valence-corrected chi connectivity index (χ4v) is 1.89. The molecule has 0 atom stereocenters. The molecule has 0 aliphatic heterocycles. The molecular weight excluding hydrogens is 200 g/mol. The fraction of sp³-hybridized carbons (Fsp3) is 0.455. The molecule has 1 rings (SSSR count). The molecule has 0 aliphatic rings. The van der Waals surface area contributed by atoms with Crippen LogP contribution in [-0.2, 0) is 0 Å². The predicted molar refractivity (Wildman–Crippen MR) is 61.8 cm³/mol. The maximum atomic E-state index is 6.09. The smallest absolute Gasteiger partial charge is 0.0484 e. The predicted octanol–water partition coefficient (Wildman–Crippen LogP) is 4.10. The minimum Gasteiger partial charge on any atom is -0.124 e. The molecule has 1 aromatic rings. The number of rotatable bonds is 3. The lowest BCUT2D eigenvalue weighted by molar-refractivity contribution is 0.801. The highest BCUT2D eigenvalue weighted by molar-refractivity contribution is 7.99. The summed E-state index contributed by atoms with van der Waals surface area (Å²) in [6, 6.07) is 8.54.